The molecule has 15 heavy (non-hydrogen) atoms. The summed E-state index contributed by atoms with van der Waals surface area (Å²) in [4.78, 5) is 1.92. The lowest BCUT2D eigenvalue weighted by molar-refractivity contribution is 0.273. The van der Waals surface area contributed by atoms with E-state index in [1.807, 2.05) is 32.0 Å². The fourth-order valence-corrected chi connectivity index (χ4v) is 1.44. The number of aliphatic hydroxyl groups is 1. The monoisotopic (exact) mass is 211 g/mol. The molecule has 84 valence electrons. The Morgan fingerprint density at radius 1 is 1.40 bits per heavy atom. The molecule has 0 fully saturated rings. The quantitative estimate of drug-likeness (QED) is 0.823. The van der Waals surface area contributed by atoms with Gasteiger partial charge in [-0.2, -0.15) is 0 Å². The molecule has 0 aliphatic rings. The number of hydrogen-bond donors (Lipinski definition) is 1. The van der Waals surface area contributed by atoms with Gasteiger partial charge in [-0.3, -0.25) is 0 Å². The molecular formula is C12H18FNO. The van der Waals surface area contributed by atoms with Crippen LogP contribution in [0.2, 0.25) is 0 Å². The Labute approximate surface area is 90.3 Å². The van der Waals surface area contributed by atoms with Gasteiger partial charge in [0.1, 0.15) is 5.82 Å². The van der Waals surface area contributed by atoms with Gasteiger partial charge in [-0.15, -0.1) is 0 Å². The third kappa shape index (κ3) is 3.29. The summed E-state index contributed by atoms with van der Waals surface area (Å²) < 4.78 is 13.6. The Hall–Kier alpha value is -0.930. The van der Waals surface area contributed by atoms with Crippen LogP contribution in [-0.2, 0) is 6.54 Å². The van der Waals surface area contributed by atoms with Crippen molar-refractivity contribution in [2.75, 3.05) is 20.7 Å². The first-order valence-corrected chi connectivity index (χ1v) is 5.08. The van der Waals surface area contributed by atoms with E-state index in [0.717, 1.165) is 5.56 Å². The molecule has 1 atom stereocenters. The Morgan fingerprint density at radius 2 is 2.07 bits per heavy atom. The second-order valence-corrected chi connectivity index (χ2v) is 4.17. The fourth-order valence-electron chi connectivity index (χ4n) is 1.44. The highest BCUT2D eigenvalue weighted by Crippen LogP contribution is 2.18. The number of rotatable bonds is 4. The van der Waals surface area contributed by atoms with Crippen LogP contribution < -0.4 is 0 Å². The third-order valence-electron chi connectivity index (χ3n) is 2.41. The molecule has 2 nitrogen and oxygen atoms in total. The Bertz CT molecular complexity index is 325. The number of nitrogens with zero attached hydrogens (tertiary/aromatic N) is 1. The summed E-state index contributed by atoms with van der Waals surface area (Å²) in [5.74, 6) is -0.200. The molecule has 1 N–H and O–H groups in total. The summed E-state index contributed by atoms with van der Waals surface area (Å²) in [7, 11) is 3.81. The van der Waals surface area contributed by atoms with Gasteiger partial charge >= 0.3 is 0 Å². The van der Waals surface area contributed by atoms with Crippen LogP contribution >= 0.6 is 0 Å². The van der Waals surface area contributed by atoms with E-state index in [2.05, 4.69) is 0 Å². The van der Waals surface area contributed by atoms with Gasteiger partial charge < -0.3 is 10.0 Å². The van der Waals surface area contributed by atoms with Crippen LogP contribution in [0, 0.1) is 5.82 Å². The highest BCUT2D eigenvalue weighted by molar-refractivity contribution is 5.26. The number of hydrogen-bond acceptors (Lipinski definition) is 2. The van der Waals surface area contributed by atoms with Crippen molar-refractivity contribution in [3.05, 3.63) is 35.1 Å². The molecule has 0 spiro atoms. The molecule has 0 bridgehead atoms. The summed E-state index contributed by atoms with van der Waals surface area (Å²) in [6, 6.07) is 5.18. The van der Waals surface area contributed by atoms with E-state index in [-0.39, 0.29) is 18.3 Å². The van der Waals surface area contributed by atoms with E-state index in [4.69, 9.17) is 5.11 Å². The van der Waals surface area contributed by atoms with Crippen LogP contribution in [-0.4, -0.2) is 30.7 Å². The van der Waals surface area contributed by atoms with E-state index >= 15 is 0 Å². The molecule has 1 rings (SSSR count). The van der Waals surface area contributed by atoms with Gasteiger partial charge in [-0.05, 0) is 25.7 Å². The van der Waals surface area contributed by atoms with Crippen molar-refractivity contribution in [1.29, 1.82) is 0 Å². The molecule has 0 radical (unpaired) electrons. The van der Waals surface area contributed by atoms with Crippen LogP contribution in [0.3, 0.4) is 0 Å². The van der Waals surface area contributed by atoms with Crippen LogP contribution in [0.25, 0.3) is 0 Å². The molecule has 1 aromatic rings. The second kappa shape index (κ2) is 5.24. The molecule has 0 saturated carbocycles. The van der Waals surface area contributed by atoms with Gasteiger partial charge in [0, 0.05) is 24.6 Å². The van der Waals surface area contributed by atoms with Crippen molar-refractivity contribution < 1.29 is 9.50 Å². The maximum Gasteiger partial charge on any atom is 0.127 e. The van der Waals surface area contributed by atoms with E-state index in [1.54, 1.807) is 6.07 Å². The highest BCUT2D eigenvalue weighted by atomic mass is 19.1. The first-order valence-electron chi connectivity index (χ1n) is 5.08. The molecule has 0 aromatic heterocycles. The topological polar surface area (TPSA) is 23.5 Å². The molecule has 1 unspecified atom stereocenters. The van der Waals surface area contributed by atoms with Gasteiger partial charge in [0.15, 0.2) is 0 Å². The molecule has 0 amide bonds. The van der Waals surface area contributed by atoms with Crippen LogP contribution in [0.1, 0.15) is 24.0 Å². The SMILES string of the molecule is CC(CO)c1ccc(CN(C)C)c(F)c1. The predicted octanol–water partition coefficient (Wildman–Crippen LogP) is 1.98. The first-order chi connectivity index (χ1) is 7.04. The third-order valence-corrected chi connectivity index (χ3v) is 2.41. The number of aliphatic hydroxyl groups excluding tert-OH is 1. The van der Waals surface area contributed by atoms with Gasteiger partial charge in [0.25, 0.3) is 0 Å². The minimum Gasteiger partial charge on any atom is -0.396 e. The zero-order valence-corrected chi connectivity index (χ0v) is 9.50. The van der Waals surface area contributed by atoms with Gasteiger partial charge in [0.2, 0.25) is 0 Å². The molecule has 0 aliphatic carbocycles. The molecule has 0 aliphatic heterocycles. The Kier molecular flexibility index (Phi) is 4.24. The Balaban J connectivity index is 2.88. The van der Waals surface area contributed by atoms with Crippen molar-refractivity contribution in [1.82, 2.24) is 4.90 Å². The average molecular weight is 211 g/mol. The molecular weight excluding hydrogens is 193 g/mol. The lowest BCUT2D eigenvalue weighted by Gasteiger charge is -2.13. The normalized spacial score (nSPS) is 13.2. The lowest BCUT2D eigenvalue weighted by Crippen LogP contribution is -2.12. The summed E-state index contributed by atoms with van der Waals surface area (Å²) in [6.45, 7) is 2.52. The van der Waals surface area contributed by atoms with Gasteiger partial charge in [-0.25, -0.2) is 4.39 Å². The van der Waals surface area contributed by atoms with Crippen molar-refractivity contribution in [2.24, 2.45) is 0 Å². The summed E-state index contributed by atoms with van der Waals surface area (Å²) >= 11 is 0. The van der Waals surface area contributed by atoms with Crippen LogP contribution in [0.4, 0.5) is 4.39 Å². The van der Waals surface area contributed by atoms with Crippen molar-refractivity contribution in [3.8, 4) is 0 Å². The first kappa shape index (κ1) is 12.1. The summed E-state index contributed by atoms with van der Waals surface area (Å²) in [6.07, 6.45) is 0. The minimum atomic E-state index is -0.193. The highest BCUT2D eigenvalue weighted by Gasteiger charge is 2.08. The van der Waals surface area contributed by atoms with Crippen molar-refractivity contribution >= 4 is 0 Å². The van der Waals surface area contributed by atoms with Gasteiger partial charge in [0.05, 0.1) is 0 Å². The second-order valence-electron chi connectivity index (χ2n) is 4.17. The largest absolute Gasteiger partial charge is 0.396 e. The van der Waals surface area contributed by atoms with Gasteiger partial charge in [-0.1, -0.05) is 19.1 Å². The Morgan fingerprint density at radius 3 is 2.53 bits per heavy atom. The molecule has 0 saturated heterocycles. The zero-order valence-electron chi connectivity index (χ0n) is 9.50. The summed E-state index contributed by atoms with van der Waals surface area (Å²) in [5.41, 5.74) is 1.53. The molecule has 0 heterocycles. The number of halogens is 1. The van der Waals surface area contributed by atoms with Crippen molar-refractivity contribution in [3.63, 3.8) is 0 Å². The fraction of sp³-hybridized carbons (Fsp3) is 0.500. The van der Waals surface area contributed by atoms with E-state index < -0.39 is 0 Å². The van der Waals surface area contributed by atoms with E-state index in [1.165, 1.54) is 6.07 Å². The smallest absolute Gasteiger partial charge is 0.127 e. The number of benzene rings is 1. The standard InChI is InChI=1S/C12H18FNO/c1-9(8-15)10-4-5-11(7-14(2)3)12(13)6-10/h4-6,9,15H,7-8H2,1-3H3. The van der Waals surface area contributed by atoms with Crippen molar-refractivity contribution in [2.45, 2.75) is 19.4 Å². The lowest BCUT2D eigenvalue weighted by atomic mass is 10.0. The molecule has 1 aromatic carbocycles. The summed E-state index contributed by atoms with van der Waals surface area (Å²) in [5, 5.41) is 8.96. The zero-order chi connectivity index (χ0) is 11.4. The minimum absolute atomic E-state index is 0.00657. The van der Waals surface area contributed by atoms with Crippen LogP contribution in [0.15, 0.2) is 18.2 Å². The van der Waals surface area contributed by atoms with Crippen LogP contribution in [0.5, 0.6) is 0 Å². The molecule has 3 heteroatoms. The maximum absolute atomic E-state index is 13.6. The van der Waals surface area contributed by atoms with E-state index in [0.29, 0.717) is 12.1 Å². The predicted molar refractivity (Wildman–Crippen MR) is 59.3 cm³/mol. The maximum atomic E-state index is 13.6. The average Bonchev–Trinajstić information content (AvgIpc) is 2.19. The van der Waals surface area contributed by atoms with E-state index in [9.17, 15) is 4.39 Å².